The van der Waals surface area contributed by atoms with Crippen molar-refractivity contribution in [2.24, 2.45) is 0 Å². The second-order valence-electron chi connectivity index (χ2n) is 3.17. The maximum absolute atomic E-state index is 11.3. The molecule has 0 N–H and O–H groups in total. The Morgan fingerprint density at radius 1 is 1.31 bits per heavy atom. The van der Waals surface area contributed by atoms with Crippen LogP contribution >= 0.6 is 0 Å². The Balaban J connectivity index is 2.40. The largest absolute Gasteiger partial charge is 0.465 e. The van der Waals surface area contributed by atoms with Gasteiger partial charge in [-0.25, -0.2) is 4.79 Å². The Morgan fingerprint density at radius 3 is 2.88 bits per heavy atom. The van der Waals surface area contributed by atoms with E-state index in [0.29, 0.717) is 5.56 Å². The number of methoxy groups -OCH3 is 1. The molecule has 4 nitrogen and oxygen atoms in total. The first-order chi connectivity index (χ1) is 7.81. The molecule has 0 saturated heterocycles. The molecule has 2 aromatic rings. The van der Waals surface area contributed by atoms with Crippen LogP contribution in [0.5, 0.6) is 0 Å². The Morgan fingerprint density at radius 2 is 2.19 bits per heavy atom. The van der Waals surface area contributed by atoms with Crippen molar-refractivity contribution in [2.45, 2.75) is 0 Å². The maximum Gasteiger partial charge on any atom is 0.339 e. The molecule has 4 heteroatoms. The summed E-state index contributed by atoms with van der Waals surface area (Å²) in [6.45, 7) is 0. The van der Waals surface area contributed by atoms with Crippen LogP contribution in [-0.2, 0) is 4.74 Å². The number of hydrogen-bond acceptors (Lipinski definition) is 4. The monoisotopic (exact) mass is 214 g/mol. The van der Waals surface area contributed by atoms with E-state index in [1.807, 2.05) is 18.2 Å². The van der Waals surface area contributed by atoms with Gasteiger partial charge in [0.25, 0.3) is 0 Å². The summed E-state index contributed by atoms with van der Waals surface area (Å²) >= 11 is 0. The van der Waals surface area contributed by atoms with Crippen LogP contribution in [0.3, 0.4) is 0 Å². The van der Waals surface area contributed by atoms with Crippen molar-refractivity contribution in [2.75, 3.05) is 7.11 Å². The van der Waals surface area contributed by atoms with Crippen molar-refractivity contribution < 1.29 is 9.53 Å². The van der Waals surface area contributed by atoms with Gasteiger partial charge in [0.05, 0.1) is 18.4 Å². The van der Waals surface area contributed by atoms with E-state index in [1.165, 1.54) is 13.3 Å². The fraction of sp³-hybridized carbons (Fsp3) is 0.0833. The number of pyridine rings is 2. The summed E-state index contributed by atoms with van der Waals surface area (Å²) in [5.74, 6) is -0.398. The zero-order valence-electron chi connectivity index (χ0n) is 8.75. The Kier molecular flexibility index (Phi) is 2.91. The molecule has 0 aliphatic heterocycles. The summed E-state index contributed by atoms with van der Waals surface area (Å²) in [6.07, 6.45) is 4.83. The number of nitrogens with zero attached hydrogens (tertiary/aromatic N) is 2. The zero-order chi connectivity index (χ0) is 11.4. The summed E-state index contributed by atoms with van der Waals surface area (Å²) in [5, 5.41) is 0. The van der Waals surface area contributed by atoms with Crippen LogP contribution in [0.4, 0.5) is 0 Å². The van der Waals surface area contributed by atoms with E-state index in [9.17, 15) is 4.79 Å². The van der Waals surface area contributed by atoms with Crippen molar-refractivity contribution in [3.05, 3.63) is 48.4 Å². The molecule has 0 bridgehead atoms. The van der Waals surface area contributed by atoms with Crippen LogP contribution in [-0.4, -0.2) is 23.0 Å². The van der Waals surface area contributed by atoms with Gasteiger partial charge in [0, 0.05) is 24.2 Å². The third-order valence-corrected chi connectivity index (χ3v) is 2.12. The minimum Gasteiger partial charge on any atom is -0.465 e. The molecule has 0 spiro atoms. The first kappa shape index (κ1) is 10.3. The molecule has 0 aliphatic rings. The first-order valence-electron chi connectivity index (χ1n) is 4.76. The number of carbonyl (C=O) groups is 1. The second-order valence-corrected chi connectivity index (χ2v) is 3.17. The van der Waals surface area contributed by atoms with Crippen LogP contribution in [0.25, 0.3) is 11.3 Å². The van der Waals surface area contributed by atoms with E-state index in [4.69, 9.17) is 0 Å². The molecule has 0 radical (unpaired) electrons. The third-order valence-electron chi connectivity index (χ3n) is 2.12. The van der Waals surface area contributed by atoms with Crippen LogP contribution in [0, 0.1) is 0 Å². The molecule has 0 saturated carbocycles. The SMILES string of the molecule is COC(=O)c1cncc(-c2ccccn2)c1. The molecule has 0 amide bonds. The first-order valence-corrected chi connectivity index (χ1v) is 4.76. The fourth-order valence-corrected chi connectivity index (χ4v) is 1.34. The molecule has 2 aromatic heterocycles. The predicted molar refractivity (Wildman–Crippen MR) is 58.8 cm³/mol. The van der Waals surface area contributed by atoms with Gasteiger partial charge in [0.15, 0.2) is 0 Å². The van der Waals surface area contributed by atoms with E-state index in [0.717, 1.165) is 11.3 Å². The summed E-state index contributed by atoms with van der Waals surface area (Å²) in [6, 6.07) is 7.29. The lowest BCUT2D eigenvalue weighted by Gasteiger charge is -2.02. The smallest absolute Gasteiger partial charge is 0.339 e. The minimum absolute atomic E-state index is 0.398. The molecule has 0 unspecified atom stereocenters. The molecular formula is C12H10N2O2. The molecular weight excluding hydrogens is 204 g/mol. The van der Waals surface area contributed by atoms with Gasteiger partial charge < -0.3 is 4.74 Å². The van der Waals surface area contributed by atoms with Crippen molar-refractivity contribution >= 4 is 5.97 Å². The number of carbonyl (C=O) groups excluding carboxylic acids is 1. The van der Waals surface area contributed by atoms with E-state index in [-0.39, 0.29) is 0 Å². The molecule has 0 atom stereocenters. The van der Waals surface area contributed by atoms with Gasteiger partial charge in [0.2, 0.25) is 0 Å². The molecule has 80 valence electrons. The summed E-state index contributed by atoms with van der Waals surface area (Å²) in [7, 11) is 1.34. The Hall–Kier alpha value is -2.23. The minimum atomic E-state index is -0.398. The number of esters is 1. The van der Waals surface area contributed by atoms with Gasteiger partial charge in [-0.05, 0) is 18.2 Å². The average molecular weight is 214 g/mol. The lowest BCUT2D eigenvalue weighted by molar-refractivity contribution is 0.0600. The third kappa shape index (κ3) is 2.06. The number of hydrogen-bond donors (Lipinski definition) is 0. The molecule has 2 rings (SSSR count). The van der Waals surface area contributed by atoms with Gasteiger partial charge in [-0.3, -0.25) is 9.97 Å². The average Bonchev–Trinajstić information content (AvgIpc) is 2.39. The van der Waals surface area contributed by atoms with Gasteiger partial charge in [-0.1, -0.05) is 6.07 Å². The van der Waals surface area contributed by atoms with Gasteiger partial charge in [-0.2, -0.15) is 0 Å². The van der Waals surface area contributed by atoms with Crippen molar-refractivity contribution in [1.82, 2.24) is 9.97 Å². The Bertz CT molecular complexity index is 497. The predicted octanol–water partition coefficient (Wildman–Crippen LogP) is 1.93. The van der Waals surface area contributed by atoms with Gasteiger partial charge in [-0.15, -0.1) is 0 Å². The number of aromatic nitrogens is 2. The van der Waals surface area contributed by atoms with Crippen LogP contribution in [0.1, 0.15) is 10.4 Å². The number of rotatable bonds is 2. The maximum atomic E-state index is 11.3. The zero-order valence-corrected chi connectivity index (χ0v) is 8.75. The van der Waals surface area contributed by atoms with Crippen molar-refractivity contribution in [3.8, 4) is 11.3 Å². The molecule has 0 aliphatic carbocycles. The van der Waals surface area contributed by atoms with Crippen LogP contribution < -0.4 is 0 Å². The van der Waals surface area contributed by atoms with Crippen LogP contribution in [0.15, 0.2) is 42.9 Å². The van der Waals surface area contributed by atoms with E-state index in [1.54, 1.807) is 18.5 Å². The van der Waals surface area contributed by atoms with Crippen molar-refractivity contribution in [1.29, 1.82) is 0 Å². The fourth-order valence-electron chi connectivity index (χ4n) is 1.34. The highest BCUT2D eigenvalue weighted by atomic mass is 16.5. The van der Waals surface area contributed by atoms with E-state index >= 15 is 0 Å². The highest BCUT2D eigenvalue weighted by Gasteiger charge is 2.07. The quantitative estimate of drug-likeness (QED) is 0.717. The van der Waals surface area contributed by atoms with Crippen LogP contribution in [0.2, 0.25) is 0 Å². The highest BCUT2D eigenvalue weighted by Crippen LogP contribution is 2.16. The lowest BCUT2D eigenvalue weighted by Crippen LogP contribution is -2.01. The van der Waals surface area contributed by atoms with Gasteiger partial charge >= 0.3 is 5.97 Å². The lowest BCUT2D eigenvalue weighted by atomic mass is 10.1. The molecule has 2 heterocycles. The molecule has 0 fully saturated rings. The number of ether oxygens (including phenoxy) is 1. The summed E-state index contributed by atoms with van der Waals surface area (Å²) in [5.41, 5.74) is 2.00. The Labute approximate surface area is 92.9 Å². The highest BCUT2D eigenvalue weighted by molar-refractivity contribution is 5.90. The van der Waals surface area contributed by atoms with E-state index < -0.39 is 5.97 Å². The standard InChI is InChI=1S/C12H10N2O2/c1-16-12(15)10-6-9(7-13-8-10)11-4-2-3-5-14-11/h2-8H,1H3. The van der Waals surface area contributed by atoms with Gasteiger partial charge in [0.1, 0.15) is 0 Å². The van der Waals surface area contributed by atoms with Crippen molar-refractivity contribution in [3.63, 3.8) is 0 Å². The topological polar surface area (TPSA) is 52.1 Å². The summed E-state index contributed by atoms with van der Waals surface area (Å²) in [4.78, 5) is 19.5. The summed E-state index contributed by atoms with van der Waals surface area (Å²) < 4.78 is 4.63. The van der Waals surface area contributed by atoms with E-state index in [2.05, 4.69) is 14.7 Å². The molecule has 16 heavy (non-hydrogen) atoms. The molecule has 0 aromatic carbocycles. The normalized spacial score (nSPS) is 9.81. The second kappa shape index (κ2) is 4.53.